The summed E-state index contributed by atoms with van der Waals surface area (Å²) in [7, 11) is 1.60. The molecule has 2 heterocycles. The van der Waals surface area contributed by atoms with Gasteiger partial charge in [0.05, 0.1) is 19.1 Å². The van der Waals surface area contributed by atoms with E-state index in [9.17, 15) is 9.59 Å². The van der Waals surface area contributed by atoms with E-state index in [1.165, 1.54) is 15.9 Å². The zero-order valence-corrected chi connectivity index (χ0v) is 17.8. The Labute approximate surface area is 167 Å². The van der Waals surface area contributed by atoms with Crippen molar-refractivity contribution in [2.75, 3.05) is 13.7 Å². The molecular formula is C21H24N2O4S. The summed E-state index contributed by atoms with van der Waals surface area (Å²) >= 11 is 1.40. The van der Waals surface area contributed by atoms with Crippen molar-refractivity contribution in [3.05, 3.63) is 45.3 Å². The summed E-state index contributed by atoms with van der Waals surface area (Å²) in [6.45, 7) is 9.05. The summed E-state index contributed by atoms with van der Waals surface area (Å²) in [4.78, 5) is 31.3. The molecule has 148 valence electrons. The van der Waals surface area contributed by atoms with E-state index in [2.05, 4.69) is 4.98 Å². The molecule has 0 spiro atoms. The first-order valence-electron chi connectivity index (χ1n) is 9.06. The van der Waals surface area contributed by atoms with Gasteiger partial charge in [0.15, 0.2) is 0 Å². The van der Waals surface area contributed by atoms with Gasteiger partial charge in [0.1, 0.15) is 21.9 Å². The maximum absolute atomic E-state index is 13.5. The smallest absolute Gasteiger partial charge is 0.331 e. The predicted octanol–water partition coefficient (Wildman–Crippen LogP) is 4.05. The number of carbonyl (C=O) groups is 1. The molecule has 0 fully saturated rings. The molecule has 0 aliphatic carbocycles. The Bertz CT molecular complexity index is 1110. The third kappa shape index (κ3) is 3.20. The molecule has 0 atom stereocenters. The van der Waals surface area contributed by atoms with Crippen LogP contribution in [-0.4, -0.2) is 29.2 Å². The van der Waals surface area contributed by atoms with Crippen molar-refractivity contribution in [3.63, 3.8) is 0 Å². The minimum absolute atomic E-state index is 0.246. The highest BCUT2D eigenvalue weighted by molar-refractivity contribution is 7.17. The van der Waals surface area contributed by atoms with Crippen molar-refractivity contribution in [2.45, 2.75) is 40.2 Å². The predicted molar refractivity (Wildman–Crippen MR) is 111 cm³/mol. The van der Waals surface area contributed by atoms with Gasteiger partial charge in [0, 0.05) is 16.5 Å². The number of aromatic nitrogens is 2. The van der Waals surface area contributed by atoms with Crippen LogP contribution in [0.25, 0.3) is 21.3 Å². The molecule has 0 aliphatic rings. The number of ether oxygens (including phenoxy) is 2. The number of methoxy groups -OCH3 is 1. The zero-order chi connectivity index (χ0) is 20.6. The largest absolute Gasteiger partial charge is 0.496 e. The first-order valence-corrected chi connectivity index (χ1v) is 9.93. The van der Waals surface area contributed by atoms with Gasteiger partial charge in [-0.3, -0.25) is 9.36 Å². The van der Waals surface area contributed by atoms with Crippen molar-refractivity contribution >= 4 is 27.5 Å². The van der Waals surface area contributed by atoms with E-state index in [0.29, 0.717) is 21.8 Å². The van der Waals surface area contributed by atoms with Gasteiger partial charge in [-0.25, -0.2) is 9.78 Å². The van der Waals surface area contributed by atoms with E-state index in [-0.39, 0.29) is 12.2 Å². The van der Waals surface area contributed by atoms with Crippen LogP contribution in [-0.2, 0) is 15.1 Å². The van der Waals surface area contributed by atoms with Crippen LogP contribution in [0.15, 0.2) is 28.4 Å². The number of carbonyl (C=O) groups excluding carboxylic acids is 1. The minimum atomic E-state index is -1.17. The van der Waals surface area contributed by atoms with Crippen molar-refractivity contribution in [1.29, 1.82) is 0 Å². The number of rotatable bonds is 5. The molecule has 6 nitrogen and oxygen atoms in total. The van der Waals surface area contributed by atoms with Crippen LogP contribution < -0.4 is 10.3 Å². The lowest BCUT2D eigenvalue weighted by Gasteiger charge is -2.26. The molecule has 1 aromatic carbocycles. The molecular weight excluding hydrogens is 376 g/mol. The van der Waals surface area contributed by atoms with Crippen molar-refractivity contribution in [2.24, 2.45) is 0 Å². The summed E-state index contributed by atoms with van der Waals surface area (Å²) < 4.78 is 12.1. The van der Waals surface area contributed by atoms with Gasteiger partial charge in [-0.15, -0.1) is 11.3 Å². The van der Waals surface area contributed by atoms with Gasteiger partial charge in [-0.05, 0) is 46.8 Å². The van der Waals surface area contributed by atoms with Crippen LogP contribution in [0.2, 0.25) is 0 Å². The summed E-state index contributed by atoms with van der Waals surface area (Å²) in [6, 6.07) is 5.83. The van der Waals surface area contributed by atoms with Crippen LogP contribution in [0, 0.1) is 13.8 Å². The number of hydrogen-bond acceptors (Lipinski definition) is 6. The first kappa shape index (κ1) is 20.1. The first-order chi connectivity index (χ1) is 13.2. The topological polar surface area (TPSA) is 70.4 Å². The number of benzene rings is 1. The molecule has 3 aromatic rings. The molecule has 0 amide bonds. The molecule has 0 saturated carbocycles. The Morgan fingerprint density at radius 3 is 2.61 bits per heavy atom. The lowest BCUT2D eigenvalue weighted by molar-refractivity contribution is -0.152. The molecule has 0 aliphatic heterocycles. The van der Waals surface area contributed by atoms with Crippen LogP contribution in [0.3, 0.4) is 0 Å². The van der Waals surface area contributed by atoms with Crippen LogP contribution in [0.4, 0.5) is 0 Å². The number of nitrogens with zero attached hydrogens (tertiary/aromatic N) is 2. The number of aryl methyl sites for hydroxylation is 2. The molecule has 0 bridgehead atoms. The number of esters is 1. The normalized spacial score (nSPS) is 11.6. The third-order valence-electron chi connectivity index (χ3n) is 4.75. The highest BCUT2D eigenvalue weighted by Crippen LogP contribution is 2.37. The molecule has 2 aromatic heterocycles. The molecule has 28 heavy (non-hydrogen) atoms. The fourth-order valence-corrected chi connectivity index (χ4v) is 4.35. The molecule has 0 saturated heterocycles. The Morgan fingerprint density at radius 1 is 1.25 bits per heavy atom. The summed E-state index contributed by atoms with van der Waals surface area (Å²) in [5.41, 5.74) is 1.21. The van der Waals surface area contributed by atoms with E-state index in [0.717, 1.165) is 16.7 Å². The Kier molecular flexibility index (Phi) is 5.30. The lowest BCUT2D eigenvalue weighted by atomic mass is 10.0. The second-order valence-corrected chi connectivity index (χ2v) is 7.97. The molecule has 7 heteroatoms. The molecule has 0 radical (unpaired) electrons. The summed E-state index contributed by atoms with van der Waals surface area (Å²) in [6.07, 6.45) is 0. The van der Waals surface area contributed by atoms with Gasteiger partial charge < -0.3 is 9.47 Å². The highest BCUT2D eigenvalue weighted by Gasteiger charge is 2.35. The van der Waals surface area contributed by atoms with E-state index < -0.39 is 11.5 Å². The zero-order valence-electron chi connectivity index (χ0n) is 17.0. The quantitative estimate of drug-likeness (QED) is 0.604. The number of fused-ring (bicyclic) bond motifs is 1. The van der Waals surface area contributed by atoms with Gasteiger partial charge >= 0.3 is 5.97 Å². The SMILES string of the molecule is CCOC(=O)C(C)(C)n1c(C)nc2scc(-c3cc(C)ccc3OC)c2c1=O. The average Bonchev–Trinajstić information content (AvgIpc) is 3.05. The van der Waals surface area contributed by atoms with Gasteiger partial charge in [0.25, 0.3) is 5.56 Å². The van der Waals surface area contributed by atoms with Crippen molar-refractivity contribution < 1.29 is 14.3 Å². The maximum atomic E-state index is 13.5. The van der Waals surface area contributed by atoms with Crippen molar-refractivity contribution in [3.8, 4) is 16.9 Å². The second-order valence-electron chi connectivity index (χ2n) is 7.11. The minimum Gasteiger partial charge on any atom is -0.496 e. The maximum Gasteiger partial charge on any atom is 0.331 e. The monoisotopic (exact) mass is 400 g/mol. The number of thiophene rings is 1. The Balaban J connectivity index is 2.33. The molecule has 0 N–H and O–H groups in total. The third-order valence-corrected chi connectivity index (χ3v) is 5.63. The van der Waals surface area contributed by atoms with E-state index in [4.69, 9.17) is 9.47 Å². The fourth-order valence-electron chi connectivity index (χ4n) is 3.38. The fraction of sp³-hybridized carbons (Fsp3) is 0.381. The Morgan fingerprint density at radius 2 is 1.96 bits per heavy atom. The Hall–Kier alpha value is -2.67. The van der Waals surface area contributed by atoms with Gasteiger partial charge in [-0.2, -0.15) is 0 Å². The standard InChI is InChI=1S/C21H24N2O4S/c1-7-27-20(25)21(4,5)23-13(3)22-18-17(19(23)24)15(11-28-18)14-10-12(2)8-9-16(14)26-6/h8-11H,7H2,1-6H3. The molecule has 3 rings (SSSR count). The number of hydrogen-bond donors (Lipinski definition) is 0. The van der Waals surface area contributed by atoms with Crippen molar-refractivity contribution in [1.82, 2.24) is 9.55 Å². The summed E-state index contributed by atoms with van der Waals surface area (Å²) in [5, 5.41) is 2.40. The average molecular weight is 401 g/mol. The summed E-state index contributed by atoms with van der Waals surface area (Å²) in [5.74, 6) is 0.688. The van der Waals surface area contributed by atoms with Crippen LogP contribution >= 0.6 is 11.3 Å². The van der Waals surface area contributed by atoms with E-state index >= 15 is 0 Å². The lowest BCUT2D eigenvalue weighted by Crippen LogP contribution is -2.45. The van der Waals surface area contributed by atoms with Gasteiger partial charge in [-0.1, -0.05) is 11.6 Å². The molecule has 0 unspecified atom stereocenters. The van der Waals surface area contributed by atoms with Crippen LogP contribution in [0.5, 0.6) is 5.75 Å². The van der Waals surface area contributed by atoms with E-state index in [1.54, 1.807) is 34.8 Å². The van der Waals surface area contributed by atoms with Gasteiger partial charge in [0.2, 0.25) is 0 Å². The van der Waals surface area contributed by atoms with Crippen LogP contribution in [0.1, 0.15) is 32.2 Å². The van der Waals surface area contributed by atoms with E-state index in [1.807, 2.05) is 30.5 Å². The second kappa shape index (κ2) is 7.39. The highest BCUT2D eigenvalue weighted by atomic mass is 32.1.